The van der Waals surface area contributed by atoms with Gasteiger partial charge < -0.3 is 4.74 Å². The van der Waals surface area contributed by atoms with Crippen LogP contribution in [0, 0.1) is 0 Å². The summed E-state index contributed by atoms with van der Waals surface area (Å²) in [5.41, 5.74) is 1.92. The monoisotopic (exact) mass is 256 g/mol. The summed E-state index contributed by atoms with van der Waals surface area (Å²) in [4.78, 5) is 11.7. The van der Waals surface area contributed by atoms with Gasteiger partial charge in [-0.05, 0) is 52.9 Å². The fourth-order valence-electron chi connectivity index (χ4n) is 2.29. The highest BCUT2D eigenvalue weighted by Gasteiger charge is 2.19. The van der Waals surface area contributed by atoms with Gasteiger partial charge in [0.2, 0.25) is 0 Å². The van der Waals surface area contributed by atoms with Crippen molar-refractivity contribution < 1.29 is 9.53 Å². The predicted molar refractivity (Wildman–Crippen MR) is 79.2 cm³/mol. The Hall–Kier alpha value is -1.83. The van der Waals surface area contributed by atoms with Gasteiger partial charge in [-0.15, -0.1) is 0 Å². The van der Waals surface area contributed by atoms with Crippen molar-refractivity contribution in [1.29, 1.82) is 0 Å². The molecule has 100 valence electrons. The van der Waals surface area contributed by atoms with Crippen molar-refractivity contribution >= 4 is 16.6 Å². The van der Waals surface area contributed by atoms with E-state index in [0.29, 0.717) is 0 Å². The van der Waals surface area contributed by atoms with Crippen LogP contribution in [0.2, 0.25) is 0 Å². The average molecular weight is 256 g/mol. The minimum Gasteiger partial charge on any atom is -0.497 e. The molecule has 2 nitrogen and oxygen atoms in total. The van der Waals surface area contributed by atoms with Gasteiger partial charge >= 0.3 is 0 Å². The van der Waals surface area contributed by atoms with E-state index in [1.807, 2.05) is 30.3 Å². The zero-order valence-electron chi connectivity index (χ0n) is 12.2. The third kappa shape index (κ3) is 2.62. The molecule has 0 aromatic heterocycles. The van der Waals surface area contributed by atoms with Gasteiger partial charge in [0, 0.05) is 5.56 Å². The molecule has 0 amide bonds. The van der Waals surface area contributed by atoms with E-state index in [1.54, 1.807) is 14.0 Å². The van der Waals surface area contributed by atoms with Crippen LogP contribution >= 0.6 is 0 Å². The van der Waals surface area contributed by atoms with Gasteiger partial charge in [-0.2, -0.15) is 0 Å². The summed E-state index contributed by atoms with van der Waals surface area (Å²) < 4.78 is 5.30. The molecular weight excluding hydrogens is 236 g/mol. The summed E-state index contributed by atoms with van der Waals surface area (Å²) in [6.07, 6.45) is 0. The number of hydrogen-bond donors (Lipinski definition) is 0. The van der Waals surface area contributed by atoms with Crippen LogP contribution in [-0.2, 0) is 5.41 Å². The molecule has 19 heavy (non-hydrogen) atoms. The van der Waals surface area contributed by atoms with Gasteiger partial charge in [-0.25, -0.2) is 0 Å². The minimum absolute atomic E-state index is 0.0178. The summed E-state index contributed by atoms with van der Waals surface area (Å²) in [5.74, 6) is 0.941. The second-order valence-electron chi connectivity index (χ2n) is 5.92. The zero-order valence-corrected chi connectivity index (χ0v) is 12.2. The van der Waals surface area contributed by atoms with Crippen LogP contribution in [0.5, 0.6) is 5.75 Å². The van der Waals surface area contributed by atoms with Crippen LogP contribution < -0.4 is 4.74 Å². The van der Waals surface area contributed by atoms with E-state index in [2.05, 4.69) is 20.8 Å². The molecule has 0 aliphatic heterocycles. The second-order valence-corrected chi connectivity index (χ2v) is 5.92. The van der Waals surface area contributed by atoms with Crippen LogP contribution in [0.3, 0.4) is 0 Å². The highest BCUT2D eigenvalue weighted by atomic mass is 16.5. The predicted octanol–water partition coefficient (Wildman–Crippen LogP) is 4.35. The fourth-order valence-corrected chi connectivity index (χ4v) is 2.29. The molecule has 0 unspecified atom stereocenters. The summed E-state index contributed by atoms with van der Waals surface area (Å²) in [6.45, 7) is 8.08. The van der Waals surface area contributed by atoms with Crippen molar-refractivity contribution in [3.63, 3.8) is 0 Å². The Kier molecular flexibility index (Phi) is 3.36. The number of Topliss-reactive ketones (excluding diaryl/α,β-unsaturated/α-hetero) is 1. The van der Waals surface area contributed by atoms with Gasteiger partial charge in [0.15, 0.2) is 5.78 Å². The lowest BCUT2D eigenvalue weighted by Crippen LogP contribution is -2.13. The van der Waals surface area contributed by atoms with Crippen LogP contribution in [-0.4, -0.2) is 12.9 Å². The SMILES string of the molecule is COc1ccc2cc(C(C)=O)cc(C(C)(C)C)c2c1. The Morgan fingerprint density at radius 2 is 1.79 bits per heavy atom. The molecule has 2 heteroatoms. The van der Waals surface area contributed by atoms with E-state index in [4.69, 9.17) is 4.74 Å². The van der Waals surface area contributed by atoms with Crippen molar-refractivity contribution in [2.75, 3.05) is 7.11 Å². The zero-order chi connectivity index (χ0) is 14.2. The molecule has 0 saturated heterocycles. The Balaban J connectivity index is 2.82. The van der Waals surface area contributed by atoms with Crippen LogP contribution in [0.25, 0.3) is 10.8 Å². The number of ether oxygens (including phenoxy) is 1. The molecule has 0 N–H and O–H groups in total. The maximum Gasteiger partial charge on any atom is 0.159 e. The fraction of sp³-hybridized carbons (Fsp3) is 0.353. The molecule has 2 aromatic carbocycles. The smallest absolute Gasteiger partial charge is 0.159 e. The molecule has 0 heterocycles. The number of fused-ring (bicyclic) bond motifs is 1. The van der Waals surface area contributed by atoms with Gasteiger partial charge in [-0.1, -0.05) is 26.8 Å². The Morgan fingerprint density at radius 1 is 1.11 bits per heavy atom. The number of methoxy groups -OCH3 is 1. The van der Waals surface area contributed by atoms with Gasteiger partial charge in [0.25, 0.3) is 0 Å². The van der Waals surface area contributed by atoms with Gasteiger partial charge in [-0.3, -0.25) is 4.79 Å². The highest BCUT2D eigenvalue weighted by Crippen LogP contribution is 2.33. The van der Waals surface area contributed by atoms with E-state index in [-0.39, 0.29) is 11.2 Å². The summed E-state index contributed by atoms with van der Waals surface area (Å²) in [5, 5.41) is 2.23. The van der Waals surface area contributed by atoms with Crippen molar-refractivity contribution in [3.8, 4) is 5.75 Å². The maximum absolute atomic E-state index is 11.7. The molecule has 0 aliphatic rings. The van der Waals surface area contributed by atoms with Crippen LogP contribution in [0.4, 0.5) is 0 Å². The largest absolute Gasteiger partial charge is 0.497 e. The lowest BCUT2D eigenvalue weighted by atomic mass is 9.82. The molecule has 0 fully saturated rings. The molecular formula is C17H20O2. The van der Waals surface area contributed by atoms with Crippen molar-refractivity contribution in [2.24, 2.45) is 0 Å². The van der Waals surface area contributed by atoms with E-state index in [1.165, 1.54) is 5.56 Å². The normalized spacial score (nSPS) is 11.6. The van der Waals surface area contributed by atoms with Crippen LogP contribution in [0.1, 0.15) is 43.6 Å². The molecule has 0 radical (unpaired) electrons. The Labute approximate surface area is 114 Å². The third-order valence-electron chi connectivity index (χ3n) is 3.38. The first-order chi connectivity index (χ1) is 8.82. The quantitative estimate of drug-likeness (QED) is 0.747. The highest BCUT2D eigenvalue weighted by molar-refractivity contribution is 6.00. The summed E-state index contributed by atoms with van der Waals surface area (Å²) in [7, 11) is 1.67. The van der Waals surface area contributed by atoms with E-state index in [9.17, 15) is 4.79 Å². The molecule has 0 spiro atoms. The second kappa shape index (κ2) is 4.69. The van der Waals surface area contributed by atoms with E-state index in [0.717, 1.165) is 22.1 Å². The summed E-state index contributed by atoms with van der Waals surface area (Å²) in [6, 6.07) is 9.94. The first kappa shape index (κ1) is 13.6. The third-order valence-corrected chi connectivity index (χ3v) is 3.38. The standard InChI is InChI=1S/C17H20O2/c1-11(18)13-8-12-6-7-14(19-5)10-15(12)16(9-13)17(2,3)4/h6-10H,1-5H3. The van der Waals surface area contributed by atoms with Crippen molar-refractivity contribution in [1.82, 2.24) is 0 Å². The van der Waals surface area contributed by atoms with Crippen molar-refractivity contribution in [3.05, 3.63) is 41.5 Å². The molecule has 2 rings (SSSR count). The first-order valence-electron chi connectivity index (χ1n) is 6.46. The Bertz CT molecular complexity index is 633. The number of benzene rings is 2. The number of carbonyl (C=O) groups excluding carboxylic acids is 1. The first-order valence-corrected chi connectivity index (χ1v) is 6.46. The average Bonchev–Trinajstić information content (AvgIpc) is 2.35. The number of rotatable bonds is 2. The van der Waals surface area contributed by atoms with E-state index < -0.39 is 0 Å². The van der Waals surface area contributed by atoms with Crippen LogP contribution in [0.15, 0.2) is 30.3 Å². The molecule has 0 aliphatic carbocycles. The number of hydrogen-bond acceptors (Lipinski definition) is 2. The lowest BCUT2D eigenvalue weighted by molar-refractivity contribution is 0.101. The maximum atomic E-state index is 11.7. The van der Waals surface area contributed by atoms with Gasteiger partial charge in [0.1, 0.15) is 5.75 Å². The minimum atomic E-state index is -0.0178. The Morgan fingerprint density at radius 3 is 2.32 bits per heavy atom. The molecule has 0 saturated carbocycles. The van der Waals surface area contributed by atoms with Gasteiger partial charge in [0.05, 0.1) is 7.11 Å². The van der Waals surface area contributed by atoms with Crippen molar-refractivity contribution in [2.45, 2.75) is 33.1 Å². The lowest BCUT2D eigenvalue weighted by Gasteiger charge is -2.22. The number of ketones is 1. The number of carbonyl (C=O) groups is 1. The van der Waals surface area contributed by atoms with E-state index >= 15 is 0 Å². The molecule has 0 atom stereocenters. The topological polar surface area (TPSA) is 26.3 Å². The summed E-state index contributed by atoms with van der Waals surface area (Å²) >= 11 is 0. The molecule has 0 bridgehead atoms. The molecule has 2 aromatic rings.